The summed E-state index contributed by atoms with van der Waals surface area (Å²) in [5.41, 5.74) is -1.49. The van der Waals surface area contributed by atoms with Crippen LogP contribution in [0.5, 0.6) is 0 Å². The van der Waals surface area contributed by atoms with E-state index in [0.29, 0.717) is 17.5 Å². The number of nitrogens with one attached hydrogen (secondary N) is 1. The van der Waals surface area contributed by atoms with E-state index in [2.05, 4.69) is 18.5 Å². The number of ether oxygens (including phenoxy) is 3. The summed E-state index contributed by atoms with van der Waals surface area (Å²) in [4.78, 5) is 85.3. The number of carbonyl (C=O) groups excluding carboxylic acids is 6. The molecule has 2 fully saturated rings. The quantitative estimate of drug-likeness (QED) is 0.119. The summed E-state index contributed by atoms with van der Waals surface area (Å²) in [6.45, 7) is 15.2. The Morgan fingerprint density at radius 3 is 2.44 bits per heavy atom. The fraction of sp³-hybridized carbons (Fsp3) is 0.579. The maximum atomic E-state index is 14.6. The number of carbonyl (C=O) groups is 6. The Hall–Kier alpha value is -4.75. The van der Waals surface area contributed by atoms with Gasteiger partial charge in [0, 0.05) is 31.4 Å². The first-order valence-corrected chi connectivity index (χ1v) is 17.8. The molecule has 1 unspecified atom stereocenters. The van der Waals surface area contributed by atoms with Gasteiger partial charge in [0.2, 0.25) is 11.8 Å². The molecule has 1 saturated heterocycles. The first kappa shape index (κ1) is 40.0. The van der Waals surface area contributed by atoms with Crippen LogP contribution in [0.1, 0.15) is 90.7 Å². The van der Waals surface area contributed by atoms with Crippen molar-refractivity contribution in [1.29, 1.82) is 0 Å². The topological polar surface area (TPSA) is 152 Å². The van der Waals surface area contributed by atoms with Gasteiger partial charge in [0.1, 0.15) is 29.6 Å². The summed E-state index contributed by atoms with van der Waals surface area (Å²) in [5, 5.41) is 2.66. The average Bonchev–Trinajstić information content (AvgIpc) is 3.39. The normalized spacial score (nSPS) is 22.5. The van der Waals surface area contributed by atoms with Crippen LogP contribution in [-0.2, 0) is 46.5 Å². The Morgan fingerprint density at radius 2 is 1.85 bits per heavy atom. The van der Waals surface area contributed by atoms with E-state index in [0.717, 1.165) is 31.1 Å². The number of imide groups is 1. The number of amides is 5. The fourth-order valence-electron chi connectivity index (χ4n) is 6.98. The van der Waals surface area contributed by atoms with Gasteiger partial charge in [-0.2, -0.15) is 0 Å². The second-order valence-electron chi connectivity index (χ2n) is 14.5. The molecule has 52 heavy (non-hydrogen) atoms. The molecule has 1 aromatic carbocycles. The number of hydrogen-bond donors (Lipinski definition) is 1. The molecule has 1 aliphatic carbocycles. The average molecular weight is 727 g/mol. The lowest BCUT2D eigenvalue weighted by atomic mass is 10.0. The van der Waals surface area contributed by atoms with Crippen LogP contribution in [0.25, 0.3) is 0 Å². The zero-order valence-electron chi connectivity index (χ0n) is 30.8. The van der Waals surface area contributed by atoms with Crippen molar-refractivity contribution in [2.75, 3.05) is 13.2 Å². The predicted octanol–water partition coefficient (Wildman–Crippen LogP) is 5.16. The van der Waals surface area contributed by atoms with Crippen LogP contribution >= 0.6 is 0 Å². The van der Waals surface area contributed by atoms with E-state index in [1.807, 2.05) is 0 Å². The highest BCUT2D eigenvalue weighted by Gasteiger charge is 2.67. The molecule has 14 heteroatoms. The van der Waals surface area contributed by atoms with Gasteiger partial charge in [-0.3, -0.25) is 24.2 Å². The minimum atomic E-state index is -1.64. The Labute approximate surface area is 304 Å². The number of fused-ring (bicyclic) bond motifs is 1. The number of likely N-dealkylation sites (tertiary alicyclic amines) is 1. The Bertz CT molecular complexity index is 1580. The third kappa shape index (κ3) is 8.99. The van der Waals surface area contributed by atoms with Crippen molar-refractivity contribution in [1.82, 2.24) is 20.0 Å². The highest BCUT2D eigenvalue weighted by atomic mass is 19.1. The molecule has 1 aromatic rings. The van der Waals surface area contributed by atoms with E-state index >= 15 is 0 Å². The maximum absolute atomic E-state index is 14.6. The molecule has 4 rings (SSSR count). The zero-order chi connectivity index (χ0) is 38.4. The molecular formula is C38H51FN4O9. The van der Waals surface area contributed by atoms with Crippen molar-refractivity contribution in [3.63, 3.8) is 0 Å². The van der Waals surface area contributed by atoms with E-state index in [4.69, 9.17) is 14.2 Å². The molecule has 0 spiro atoms. The molecule has 3 aliphatic rings. The minimum absolute atomic E-state index is 0.00548. The van der Waals surface area contributed by atoms with Crippen molar-refractivity contribution < 1.29 is 47.4 Å². The van der Waals surface area contributed by atoms with Crippen molar-refractivity contribution >= 4 is 35.9 Å². The predicted molar refractivity (Wildman–Crippen MR) is 188 cm³/mol. The van der Waals surface area contributed by atoms with Gasteiger partial charge < -0.3 is 24.4 Å². The Balaban J connectivity index is 1.65. The molecular weight excluding hydrogens is 675 g/mol. The molecule has 0 bridgehead atoms. The van der Waals surface area contributed by atoms with Gasteiger partial charge in [-0.05, 0) is 65.0 Å². The zero-order valence-corrected chi connectivity index (χ0v) is 30.8. The highest BCUT2D eigenvalue weighted by Crippen LogP contribution is 2.51. The molecule has 2 aliphatic heterocycles. The van der Waals surface area contributed by atoms with Crippen molar-refractivity contribution in [2.24, 2.45) is 5.92 Å². The number of allylic oxidation sites excluding steroid dienone is 1. The van der Waals surface area contributed by atoms with Crippen molar-refractivity contribution in [3.8, 4) is 0 Å². The molecule has 1 saturated carbocycles. The number of halogens is 1. The van der Waals surface area contributed by atoms with Crippen LogP contribution in [0.3, 0.4) is 0 Å². The van der Waals surface area contributed by atoms with Crippen LogP contribution in [0.15, 0.2) is 43.5 Å². The third-order valence-electron chi connectivity index (χ3n) is 9.50. The largest absolute Gasteiger partial charge is 0.464 e. The second kappa shape index (κ2) is 16.7. The molecule has 1 N–H and O–H groups in total. The molecule has 0 radical (unpaired) electrons. The summed E-state index contributed by atoms with van der Waals surface area (Å²) in [7, 11) is 0. The fourth-order valence-corrected chi connectivity index (χ4v) is 6.98. The molecule has 5 atom stereocenters. The van der Waals surface area contributed by atoms with Gasteiger partial charge in [-0.25, -0.2) is 18.8 Å². The molecule has 284 valence electrons. The third-order valence-corrected chi connectivity index (χ3v) is 9.50. The van der Waals surface area contributed by atoms with E-state index in [9.17, 15) is 33.2 Å². The van der Waals surface area contributed by atoms with Crippen LogP contribution in [0.2, 0.25) is 0 Å². The van der Waals surface area contributed by atoms with E-state index in [-0.39, 0.29) is 45.5 Å². The molecule has 5 amide bonds. The Morgan fingerprint density at radius 1 is 1.12 bits per heavy atom. The number of alkyl carbamates (subject to hydrolysis) is 1. The number of rotatable bonds is 14. The standard InChI is InChI=1S/C38H51FN4O9/c1-8-11-12-13-14-18-30(40-35(48)52-37(5,6)7)32(45)42-22-27(51-36(49)41-21-25-16-15-17-29(39)28(25)23-41)19-31(42)33(46)43(24(4)44)38(20-26(38)9-2)34(47)50-10-3/h8-9,15-17,26-27,30-31H,1-2,10-14,18-23H2,3-7H3,(H,40,48)/t26-,27-,30?,31+,38-/m1/s1. The number of esters is 1. The molecule has 13 nitrogen and oxygen atoms in total. The number of unbranched alkanes of at least 4 members (excludes halogenated alkanes) is 3. The maximum Gasteiger partial charge on any atom is 0.410 e. The smallest absolute Gasteiger partial charge is 0.410 e. The first-order valence-electron chi connectivity index (χ1n) is 17.8. The lowest BCUT2D eigenvalue weighted by molar-refractivity contribution is -0.165. The second-order valence-corrected chi connectivity index (χ2v) is 14.5. The highest BCUT2D eigenvalue weighted by molar-refractivity contribution is 6.05. The molecule has 0 aromatic heterocycles. The summed E-state index contributed by atoms with van der Waals surface area (Å²) in [6.07, 6.45) is 3.62. The summed E-state index contributed by atoms with van der Waals surface area (Å²) in [5.74, 6) is -4.03. The van der Waals surface area contributed by atoms with Crippen LogP contribution < -0.4 is 5.32 Å². The summed E-state index contributed by atoms with van der Waals surface area (Å²) < 4.78 is 31.0. The van der Waals surface area contributed by atoms with Gasteiger partial charge in [0.25, 0.3) is 5.91 Å². The van der Waals surface area contributed by atoms with Gasteiger partial charge in [-0.15, -0.1) is 13.2 Å². The van der Waals surface area contributed by atoms with Crippen molar-refractivity contribution in [3.05, 3.63) is 60.5 Å². The van der Waals surface area contributed by atoms with Crippen LogP contribution in [0, 0.1) is 11.7 Å². The van der Waals surface area contributed by atoms with Gasteiger partial charge >= 0.3 is 18.2 Å². The van der Waals surface area contributed by atoms with E-state index < -0.39 is 76.9 Å². The lowest BCUT2D eigenvalue weighted by Crippen LogP contribution is -2.59. The molecule has 2 heterocycles. The van der Waals surface area contributed by atoms with Gasteiger partial charge in [-0.1, -0.05) is 37.1 Å². The summed E-state index contributed by atoms with van der Waals surface area (Å²) in [6, 6.07) is 2.10. The number of benzene rings is 1. The SMILES string of the molecule is C=CCCCCCC(NC(=O)OC(C)(C)C)C(=O)N1C[C@H](OC(=O)N2Cc3cccc(F)c3C2)C[C@H]1C(=O)N(C(C)=O)[C@]1(C(=O)OCC)C[C@H]1C=C. The number of hydrogen-bond acceptors (Lipinski definition) is 9. The Kier molecular flexibility index (Phi) is 12.9. The van der Waals surface area contributed by atoms with E-state index in [1.165, 1.54) is 21.9 Å². The van der Waals surface area contributed by atoms with E-state index in [1.54, 1.807) is 45.9 Å². The van der Waals surface area contributed by atoms with Crippen molar-refractivity contribution in [2.45, 2.75) is 122 Å². The lowest BCUT2D eigenvalue weighted by Gasteiger charge is -2.34. The van der Waals surface area contributed by atoms with Gasteiger partial charge in [0.05, 0.1) is 19.7 Å². The number of nitrogens with zero attached hydrogens (tertiary/aromatic N) is 3. The monoisotopic (exact) mass is 726 g/mol. The van der Waals surface area contributed by atoms with Crippen LogP contribution in [0.4, 0.5) is 14.0 Å². The summed E-state index contributed by atoms with van der Waals surface area (Å²) >= 11 is 0. The van der Waals surface area contributed by atoms with Gasteiger partial charge in [0.15, 0.2) is 5.54 Å². The minimum Gasteiger partial charge on any atom is -0.464 e. The van der Waals surface area contributed by atoms with Crippen LogP contribution in [-0.4, -0.2) is 93.1 Å². The first-order chi connectivity index (χ1) is 24.6.